The maximum atomic E-state index is 10.8. The van der Waals surface area contributed by atoms with Crippen molar-refractivity contribution < 1.29 is 4.92 Å². The van der Waals surface area contributed by atoms with Gasteiger partial charge in [-0.1, -0.05) is 24.9 Å². The van der Waals surface area contributed by atoms with Gasteiger partial charge in [-0.3, -0.25) is 15.0 Å². The zero-order chi connectivity index (χ0) is 15.4. The van der Waals surface area contributed by atoms with Gasteiger partial charge in [-0.15, -0.1) is 0 Å². The Kier molecular flexibility index (Phi) is 5.56. The normalized spacial score (nSPS) is 21.9. The lowest BCUT2D eigenvalue weighted by molar-refractivity contribution is -0.384. The van der Waals surface area contributed by atoms with Crippen molar-refractivity contribution in [1.82, 2.24) is 4.90 Å². The Labute approximate surface area is 130 Å². The summed E-state index contributed by atoms with van der Waals surface area (Å²) >= 11 is 6.20. The summed E-state index contributed by atoms with van der Waals surface area (Å²) in [6, 6.07) is 5.20. The van der Waals surface area contributed by atoms with Crippen LogP contribution in [-0.4, -0.2) is 29.0 Å². The molecule has 1 aliphatic carbocycles. The minimum atomic E-state index is -0.422. The quantitative estimate of drug-likeness (QED) is 0.647. The number of halogens is 1. The lowest BCUT2D eigenvalue weighted by Crippen LogP contribution is -2.39. The zero-order valence-corrected chi connectivity index (χ0v) is 13.1. The molecule has 0 saturated heterocycles. The lowest BCUT2D eigenvalue weighted by atomic mass is 10.0. The second-order valence-electron chi connectivity index (χ2n) is 5.59. The summed E-state index contributed by atoms with van der Waals surface area (Å²) in [5, 5.41) is 11.2. The molecule has 1 fully saturated rings. The highest BCUT2D eigenvalue weighted by Crippen LogP contribution is 2.31. The Bertz CT molecular complexity index is 510. The van der Waals surface area contributed by atoms with E-state index in [9.17, 15) is 10.1 Å². The van der Waals surface area contributed by atoms with Crippen molar-refractivity contribution >= 4 is 17.3 Å². The van der Waals surface area contributed by atoms with Crippen LogP contribution in [-0.2, 0) is 6.54 Å². The molecular formula is C15H22ClN3O2. The first-order chi connectivity index (χ1) is 10.1. The predicted molar refractivity (Wildman–Crippen MR) is 84.4 cm³/mol. The Hall–Kier alpha value is -1.17. The van der Waals surface area contributed by atoms with Gasteiger partial charge < -0.3 is 5.73 Å². The molecule has 1 saturated carbocycles. The number of rotatable bonds is 6. The van der Waals surface area contributed by atoms with Crippen LogP contribution < -0.4 is 5.73 Å². The van der Waals surface area contributed by atoms with Crippen molar-refractivity contribution in [3.63, 3.8) is 0 Å². The molecular weight excluding hydrogens is 290 g/mol. The fourth-order valence-corrected chi connectivity index (χ4v) is 3.47. The third-order valence-corrected chi connectivity index (χ3v) is 4.77. The molecule has 0 bridgehead atoms. The van der Waals surface area contributed by atoms with Crippen LogP contribution in [0.2, 0.25) is 5.02 Å². The Morgan fingerprint density at radius 2 is 2.24 bits per heavy atom. The standard InChI is InChI=1S/C15H22ClN3O2/c1-2-18(15-5-3-4-11(15)9-17)10-12-6-7-13(19(20)21)8-14(12)16/h6-8,11,15H,2-5,9-10,17H2,1H3. The first-order valence-corrected chi connectivity index (χ1v) is 7.81. The van der Waals surface area contributed by atoms with Gasteiger partial charge >= 0.3 is 0 Å². The van der Waals surface area contributed by atoms with Crippen molar-refractivity contribution in [2.24, 2.45) is 11.7 Å². The maximum Gasteiger partial charge on any atom is 0.270 e. The van der Waals surface area contributed by atoms with Gasteiger partial charge in [0.25, 0.3) is 5.69 Å². The third kappa shape index (κ3) is 3.73. The second kappa shape index (κ2) is 7.20. The number of non-ortho nitro benzene ring substituents is 1. The molecule has 2 N–H and O–H groups in total. The number of hydrogen-bond donors (Lipinski definition) is 1. The van der Waals surface area contributed by atoms with E-state index in [1.165, 1.54) is 31.4 Å². The van der Waals surface area contributed by atoms with Gasteiger partial charge in [0.2, 0.25) is 0 Å². The molecule has 21 heavy (non-hydrogen) atoms. The molecule has 0 aromatic heterocycles. The molecule has 0 radical (unpaired) electrons. The van der Waals surface area contributed by atoms with Gasteiger partial charge in [0, 0.05) is 24.7 Å². The fourth-order valence-electron chi connectivity index (χ4n) is 3.23. The largest absolute Gasteiger partial charge is 0.330 e. The van der Waals surface area contributed by atoms with Crippen molar-refractivity contribution in [2.75, 3.05) is 13.1 Å². The summed E-state index contributed by atoms with van der Waals surface area (Å²) in [5.74, 6) is 0.543. The molecule has 5 nitrogen and oxygen atoms in total. The molecule has 6 heteroatoms. The first kappa shape index (κ1) is 16.2. The van der Waals surface area contributed by atoms with E-state index in [1.54, 1.807) is 6.07 Å². The summed E-state index contributed by atoms with van der Waals surface area (Å²) in [4.78, 5) is 12.7. The lowest BCUT2D eigenvalue weighted by Gasteiger charge is -2.32. The summed E-state index contributed by atoms with van der Waals surface area (Å²) in [6.45, 7) is 4.49. The Morgan fingerprint density at radius 3 is 2.81 bits per heavy atom. The maximum absolute atomic E-state index is 10.8. The van der Waals surface area contributed by atoms with Crippen LogP contribution >= 0.6 is 11.6 Å². The van der Waals surface area contributed by atoms with E-state index in [0.29, 0.717) is 23.5 Å². The van der Waals surface area contributed by atoms with Crippen molar-refractivity contribution in [3.8, 4) is 0 Å². The van der Waals surface area contributed by atoms with Gasteiger partial charge in [0.15, 0.2) is 0 Å². The van der Waals surface area contributed by atoms with Gasteiger partial charge in [0.1, 0.15) is 0 Å². The summed E-state index contributed by atoms with van der Waals surface area (Å²) < 4.78 is 0. The van der Waals surface area contributed by atoms with Crippen LogP contribution in [0.15, 0.2) is 18.2 Å². The van der Waals surface area contributed by atoms with Gasteiger partial charge in [-0.05, 0) is 43.5 Å². The van der Waals surface area contributed by atoms with E-state index in [4.69, 9.17) is 17.3 Å². The highest BCUT2D eigenvalue weighted by atomic mass is 35.5. The molecule has 0 aliphatic heterocycles. The zero-order valence-electron chi connectivity index (χ0n) is 12.3. The molecule has 0 heterocycles. The summed E-state index contributed by atoms with van der Waals surface area (Å²) in [7, 11) is 0. The summed E-state index contributed by atoms with van der Waals surface area (Å²) in [6.07, 6.45) is 3.57. The average molecular weight is 312 g/mol. The summed E-state index contributed by atoms with van der Waals surface area (Å²) in [5.41, 5.74) is 6.84. The van der Waals surface area contributed by atoms with Crippen LogP contribution in [0, 0.1) is 16.0 Å². The van der Waals surface area contributed by atoms with Crippen molar-refractivity contribution in [3.05, 3.63) is 38.9 Å². The molecule has 2 unspecified atom stereocenters. The van der Waals surface area contributed by atoms with Crippen LogP contribution in [0.25, 0.3) is 0 Å². The highest BCUT2D eigenvalue weighted by molar-refractivity contribution is 6.31. The van der Waals surface area contributed by atoms with Crippen LogP contribution in [0.5, 0.6) is 0 Å². The molecule has 0 spiro atoms. The first-order valence-electron chi connectivity index (χ1n) is 7.43. The van der Waals surface area contributed by atoms with Crippen molar-refractivity contribution in [1.29, 1.82) is 0 Å². The monoisotopic (exact) mass is 311 g/mol. The number of benzene rings is 1. The molecule has 1 aromatic rings. The van der Waals surface area contributed by atoms with Gasteiger partial charge in [-0.25, -0.2) is 0 Å². The number of nitro groups is 1. The molecule has 2 atom stereocenters. The third-order valence-electron chi connectivity index (χ3n) is 4.42. The highest BCUT2D eigenvalue weighted by Gasteiger charge is 2.30. The molecule has 2 rings (SSSR count). The van der Waals surface area contributed by atoms with E-state index in [1.807, 2.05) is 0 Å². The van der Waals surface area contributed by atoms with E-state index in [2.05, 4.69) is 11.8 Å². The number of nitrogens with zero attached hydrogens (tertiary/aromatic N) is 2. The number of nitrogens with two attached hydrogens (primary N) is 1. The van der Waals surface area contributed by atoms with E-state index >= 15 is 0 Å². The number of nitro benzene ring substituents is 1. The second-order valence-corrected chi connectivity index (χ2v) is 6.00. The molecule has 0 amide bonds. The van der Waals surface area contributed by atoms with Crippen LogP contribution in [0.3, 0.4) is 0 Å². The topological polar surface area (TPSA) is 72.4 Å². The Morgan fingerprint density at radius 1 is 1.48 bits per heavy atom. The smallest absolute Gasteiger partial charge is 0.270 e. The van der Waals surface area contributed by atoms with Crippen LogP contribution in [0.4, 0.5) is 5.69 Å². The fraction of sp³-hybridized carbons (Fsp3) is 0.600. The SMILES string of the molecule is CCN(Cc1ccc([N+](=O)[O-])cc1Cl)C1CCCC1CN. The van der Waals surface area contributed by atoms with Crippen molar-refractivity contribution in [2.45, 2.75) is 38.8 Å². The van der Waals surface area contributed by atoms with Crippen LogP contribution in [0.1, 0.15) is 31.7 Å². The minimum Gasteiger partial charge on any atom is -0.330 e. The van der Waals surface area contributed by atoms with E-state index < -0.39 is 4.92 Å². The minimum absolute atomic E-state index is 0.0347. The van der Waals surface area contributed by atoms with Gasteiger partial charge in [0.05, 0.1) is 9.95 Å². The average Bonchev–Trinajstić information content (AvgIpc) is 2.94. The molecule has 116 valence electrons. The van der Waals surface area contributed by atoms with E-state index in [-0.39, 0.29) is 5.69 Å². The number of hydrogen-bond acceptors (Lipinski definition) is 4. The van der Waals surface area contributed by atoms with E-state index in [0.717, 1.165) is 18.7 Å². The predicted octanol–water partition coefficient (Wildman–Crippen LogP) is 3.20. The molecule has 1 aromatic carbocycles. The molecule has 1 aliphatic rings. The van der Waals surface area contributed by atoms with Gasteiger partial charge in [-0.2, -0.15) is 0 Å². The Balaban J connectivity index is 2.13.